The molecule has 3 atom stereocenters. The van der Waals surface area contributed by atoms with E-state index < -0.39 is 0 Å². The number of allylic oxidation sites excluding steroid dienone is 8. The molecule has 0 heterocycles. The quantitative estimate of drug-likeness (QED) is 0.0509. The van der Waals surface area contributed by atoms with Crippen molar-refractivity contribution in [2.45, 2.75) is 212 Å². The van der Waals surface area contributed by atoms with Crippen LogP contribution in [0.3, 0.4) is 0 Å². The number of benzene rings is 1. The van der Waals surface area contributed by atoms with Crippen molar-refractivity contribution < 1.29 is 19.0 Å². The predicted octanol–water partition coefficient (Wildman–Crippen LogP) is 15.2. The maximum Gasteiger partial charge on any atom is 0.410 e. The van der Waals surface area contributed by atoms with Crippen LogP contribution < -0.4 is 0 Å². The van der Waals surface area contributed by atoms with Crippen LogP contribution in [0.5, 0.6) is 0 Å². The molecule has 1 aliphatic rings. The van der Waals surface area contributed by atoms with E-state index in [4.69, 9.17) is 14.2 Å². The normalized spacial score (nSPS) is 17.6. The van der Waals surface area contributed by atoms with Gasteiger partial charge in [0.1, 0.15) is 6.61 Å². The Balaban J connectivity index is 1.64. The van der Waals surface area contributed by atoms with E-state index in [1.807, 2.05) is 37.4 Å². The number of hydrogen-bond acceptors (Lipinski definition) is 4. The maximum atomic E-state index is 13.0. The van der Waals surface area contributed by atoms with Crippen LogP contribution in [0.25, 0.3) is 0 Å². The molecule has 0 aliphatic heterocycles. The molecule has 1 aromatic rings. The molecule has 0 aromatic heterocycles. The summed E-state index contributed by atoms with van der Waals surface area (Å²) < 4.78 is 18.7. The number of ether oxygens (including phenoxy) is 3. The summed E-state index contributed by atoms with van der Waals surface area (Å²) in [6.45, 7) is 6.37. The minimum Gasteiger partial charge on any atom is -0.445 e. The summed E-state index contributed by atoms with van der Waals surface area (Å²) in [6, 6.07) is 10.0. The van der Waals surface area contributed by atoms with E-state index in [1.54, 1.807) is 4.90 Å². The van der Waals surface area contributed by atoms with E-state index in [9.17, 15) is 4.79 Å². The number of hydrogen-bond donors (Lipinski definition) is 0. The van der Waals surface area contributed by atoms with Gasteiger partial charge in [0.2, 0.25) is 0 Å². The first-order valence-corrected chi connectivity index (χ1v) is 23.4. The second kappa shape index (κ2) is 36.7. The molecule has 1 fully saturated rings. The van der Waals surface area contributed by atoms with Gasteiger partial charge in [0, 0.05) is 26.3 Å². The second-order valence-electron chi connectivity index (χ2n) is 16.1. The highest BCUT2D eigenvalue weighted by atomic mass is 16.6. The minimum atomic E-state index is -0.261. The van der Waals surface area contributed by atoms with Crippen LogP contribution >= 0.6 is 0 Å². The molecule has 1 amide bonds. The van der Waals surface area contributed by atoms with Crippen LogP contribution in [0.2, 0.25) is 0 Å². The number of amides is 1. The van der Waals surface area contributed by atoms with Gasteiger partial charge in [-0.25, -0.2) is 4.79 Å². The molecule has 5 heteroatoms. The van der Waals surface area contributed by atoms with E-state index in [-0.39, 0.29) is 24.3 Å². The van der Waals surface area contributed by atoms with Gasteiger partial charge in [-0.2, -0.15) is 0 Å². The lowest BCUT2D eigenvalue weighted by Crippen LogP contribution is -2.47. The zero-order valence-electron chi connectivity index (χ0n) is 36.5. The minimum absolute atomic E-state index is 0.0145. The Bertz CT molecular complexity index is 1140. The predicted molar refractivity (Wildman–Crippen MR) is 240 cm³/mol. The van der Waals surface area contributed by atoms with Gasteiger partial charge in [-0.1, -0.05) is 170 Å². The maximum absolute atomic E-state index is 13.0. The first-order valence-electron chi connectivity index (χ1n) is 23.4. The average Bonchev–Trinajstić information content (AvgIpc) is 3.22. The lowest BCUT2D eigenvalue weighted by Gasteiger charge is -2.39. The van der Waals surface area contributed by atoms with Gasteiger partial charge in [0.25, 0.3) is 0 Å². The van der Waals surface area contributed by atoms with Gasteiger partial charge < -0.3 is 19.1 Å². The molecule has 1 aromatic carbocycles. The standard InChI is InChI=1S/C51H85NO4/c1-4-6-8-10-12-14-16-18-20-22-24-26-28-30-32-37-43-54-49-42-41-48(52(3)51(53)56-46-47-39-35-34-36-40-47)45-50(49)55-44-38-33-31-29-27-25-23-21-19-17-15-13-11-9-7-5-2/h12-15,18-21,34-36,39-40,48-50H,4-11,16-17,22-33,37-38,41-46H2,1-3H3/t48-,49-,50+/m1/s1. The van der Waals surface area contributed by atoms with Crippen LogP contribution in [-0.4, -0.2) is 49.5 Å². The molecule has 1 saturated carbocycles. The summed E-state index contributed by atoms with van der Waals surface area (Å²) in [5.74, 6) is 0. The lowest BCUT2D eigenvalue weighted by atomic mass is 9.89. The van der Waals surface area contributed by atoms with E-state index in [2.05, 4.69) is 62.5 Å². The molecule has 0 bridgehead atoms. The summed E-state index contributed by atoms with van der Waals surface area (Å²) in [5.41, 5.74) is 1.00. The average molecular weight is 776 g/mol. The zero-order valence-corrected chi connectivity index (χ0v) is 36.5. The third-order valence-corrected chi connectivity index (χ3v) is 11.1. The highest BCUT2D eigenvalue weighted by Gasteiger charge is 2.35. The second-order valence-corrected chi connectivity index (χ2v) is 16.1. The number of carbonyl (C=O) groups excluding carboxylic acids is 1. The third-order valence-electron chi connectivity index (χ3n) is 11.1. The molecule has 56 heavy (non-hydrogen) atoms. The molecule has 318 valence electrons. The summed E-state index contributed by atoms with van der Waals surface area (Å²) >= 11 is 0. The molecule has 0 saturated heterocycles. The molecule has 2 rings (SSSR count). The molecule has 1 aliphatic carbocycles. The van der Waals surface area contributed by atoms with E-state index in [1.165, 1.54) is 128 Å². The zero-order chi connectivity index (χ0) is 40.0. The van der Waals surface area contributed by atoms with Gasteiger partial charge in [0.05, 0.1) is 12.2 Å². The Morgan fingerprint density at radius 2 is 1.02 bits per heavy atom. The van der Waals surface area contributed by atoms with Crippen molar-refractivity contribution in [2.24, 2.45) is 0 Å². The largest absolute Gasteiger partial charge is 0.445 e. The summed E-state index contributed by atoms with van der Waals surface area (Å²) in [5, 5.41) is 0. The highest BCUT2D eigenvalue weighted by Crippen LogP contribution is 2.28. The van der Waals surface area contributed by atoms with E-state index in [0.29, 0.717) is 6.61 Å². The monoisotopic (exact) mass is 776 g/mol. The topological polar surface area (TPSA) is 48.0 Å². The van der Waals surface area contributed by atoms with Crippen molar-refractivity contribution in [3.8, 4) is 0 Å². The van der Waals surface area contributed by atoms with Gasteiger partial charge in [-0.15, -0.1) is 0 Å². The molecule has 0 N–H and O–H groups in total. The van der Waals surface area contributed by atoms with Crippen LogP contribution in [-0.2, 0) is 20.8 Å². The number of unbranched alkanes of at least 4 members (excludes halogenated alkanes) is 18. The van der Waals surface area contributed by atoms with Gasteiger partial charge >= 0.3 is 6.09 Å². The fourth-order valence-electron chi connectivity index (χ4n) is 7.42. The first-order chi connectivity index (χ1) is 27.7. The number of rotatable bonds is 35. The Labute approximate surface area is 345 Å². The Kier molecular flexibility index (Phi) is 32.4. The fraction of sp³-hybridized carbons (Fsp3) is 0.706. The van der Waals surface area contributed by atoms with Crippen molar-refractivity contribution in [3.05, 3.63) is 84.5 Å². The molecule has 0 radical (unpaired) electrons. The van der Waals surface area contributed by atoms with Crippen LogP contribution in [0.15, 0.2) is 78.9 Å². The Hall–Kier alpha value is -2.63. The number of carbonyl (C=O) groups is 1. The summed E-state index contributed by atoms with van der Waals surface area (Å²) in [6.07, 6.45) is 51.1. The van der Waals surface area contributed by atoms with Gasteiger partial charge in [-0.3, -0.25) is 0 Å². The van der Waals surface area contributed by atoms with Crippen molar-refractivity contribution in [3.63, 3.8) is 0 Å². The summed E-state index contributed by atoms with van der Waals surface area (Å²) in [7, 11) is 1.88. The highest BCUT2D eigenvalue weighted by molar-refractivity contribution is 5.67. The first kappa shape index (κ1) is 49.5. The Morgan fingerprint density at radius 1 is 0.571 bits per heavy atom. The van der Waals surface area contributed by atoms with Gasteiger partial charge in [-0.05, 0) is 102 Å². The van der Waals surface area contributed by atoms with Crippen molar-refractivity contribution in [2.75, 3.05) is 20.3 Å². The van der Waals surface area contributed by atoms with E-state index >= 15 is 0 Å². The molecule has 5 nitrogen and oxygen atoms in total. The lowest BCUT2D eigenvalue weighted by molar-refractivity contribution is -0.106. The van der Waals surface area contributed by atoms with Crippen LogP contribution in [0.4, 0.5) is 4.79 Å². The van der Waals surface area contributed by atoms with Gasteiger partial charge in [0.15, 0.2) is 0 Å². The van der Waals surface area contributed by atoms with Crippen LogP contribution in [0.1, 0.15) is 193 Å². The molecule has 0 spiro atoms. The van der Waals surface area contributed by atoms with Crippen molar-refractivity contribution in [1.29, 1.82) is 0 Å². The third kappa shape index (κ3) is 27.1. The fourth-order valence-corrected chi connectivity index (χ4v) is 7.42. The van der Waals surface area contributed by atoms with Crippen LogP contribution in [0, 0.1) is 0 Å². The van der Waals surface area contributed by atoms with E-state index in [0.717, 1.165) is 63.7 Å². The number of nitrogens with zero attached hydrogens (tertiary/aromatic N) is 1. The molecular formula is C51H85NO4. The smallest absolute Gasteiger partial charge is 0.410 e. The summed E-state index contributed by atoms with van der Waals surface area (Å²) in [4.78, 5) is 14.8. The van der Waals surface area contributed by atoms with Crippen molar-refractivity contribution >= 4 is 6.09 Å². The SMILES string of the molecule is CCCCCC=CCC=CCCCCCCCCO[C@H]1C[C@H](N(C)C(=O)OCc2ccccc2)CC[C@H]1OCCCCCCCCC=CCC=CCCCCC. The molecule has 0 unspecified atom stereocenters. The molecular weight excluding hydrogens is 691 g/mol. The van der Waals surface area contributed by atoms with Crippen molar-refractivity contribution in [1.82, 2.24) is 4.90 Å². The Morgan fingerprint density at radius 3 is 1.52 bits per heavy atom.